The maximum Gasteiger partial charge on any atom is 0.0996 e. The summed E-state index contributed by atoms with van der Waals surface area (Å²) in [5.41, 5.74) is 3.41. The van der Waals surface area contributed by atoms with E-state index in [0.717, 1.165) is 17.9 Å². The van der Waals surface area contributed by atoms with E-state index >= 15 is 0 Å². The van der Waals surface area contributed by atoms with Crippen LogP contribution >= 0.6 is 0 Å². The topological polar surface area (TPSA) is 42.7 Å². The second-order valence-electron chi connectivity index (χ2n) is 5.54. The van der Waals surface area contributed by atoms with Gasteiger partial charge in [0.05, 0.1) is 23.9 Å². The molecule has 0 fully saturated rings. The Morgan fingerprint density at radius 3 is 2.78 bits per heavy atom. The van der Waals surface area contributed by atoms with E-state index in [0.29, 0.717) is 0 Å². The molecule has 4 nitrogen and oxygen atoms in total. The number of imidazole rings is 1. The molecular formula is C14H20N4. The van der Waals surface area contributed by atoms with Crippen LogP contribution in [0.2, 0.25) is 0 Å². The van der Waals surface area contributed by atoms with Gasteiger partial charge in [-0.15, -0.1) is 0 Å². The Morgan fingerprint density at radius 1 is 1.33 bits per heavy atom. The summed E-state index contributed by atoms with van der Waals surface area (Å²) in [6.45, 7) is 9.29. The highest BCUT2D eigenvalue weighted by atomic mass is 15.1. The highest BCUT2D eigenvalue weighted by Gasteiger charge is 2.10. The number of hydrogen-bond acceptors (Lipinski definition) is 3. The van der Waals surface area contributed by atoms with Crippen LogP contribution in [0.1, 0.15) is 32.0 Å². The van der Waals surface area contributed by atoms with Crippen LogP contribution in [0.15, 0.2) is 31.0 Å². The van der Waals surface area contributed by atoms with E-state index in [2.05, 4.69) is 43.0 Å². The van der Waals surface area contributed by atoms with Gasteiger partial charge in [-0.3, -0.25) is 4.98 Å². The van der Waals surface area contributed by atoms with Crippen molar-refractivity contribution >= 4 is 0 Å². The number of pyridine rings is 1. The first-order chi connectivity index (χ1) is 8.46. The maximum atomic E-state index is 4.41. The monoisotopic (exact) mass is 244 g/mol. The molecule has 0 saturated carbocycles. The van der Waals surface area contributed by atoms with Crippen LogP contribution in [0, 0.1) is 6.92 Å². The lowest BCUT2D eigenvalue weighted by Gasteiger charge is -2.19. The predicted octanol–water partition coefficient (Wildman–Crippen LogP) is 2.46. The van der Waals surface area contributed by atoms with Gasteiger partial charge in [0.1, 0.15) is 0 Å². The third kappa shape index (κ3) is 3.17. The Kier molecular flexibility index (Phi) is 3.48. The van der Waals surface area contributed by atoms with Crippen molar-refractivity contribution in [3.63, 3.8) is 0 Å². The Morgan fingerprint density at radius 2 is 2.11 bits per heavy atom. The molecule has 0 saturated heterocycles. The molecule has 2 heterocycles. The van der Waals surface area contributed by atoms with Gasteiger partial charge in [-0.25, -0.2) is 4.98 Å². The highest BCUT2D eigenvalue weighted by molar-refractivity contribution is 5.37. The van der Waals surface area contributed by atoms with Gasteiger partial charge in [0.2, 0.25) is 0 Å². The largest absolute Gasteiger partial charge is 0.306 e. The molecule has 96 valence electrons. The van der Waals surface area contributed by atoms with Crippen LogP contribution in [-0.4, -0.2) is 20.1 Å². The van der Waals surface area contributed by atoms with Crippen LogP contribution in [-0.2, 0) is 6.54 Å². The molecule has 0 aromatic carbocycles. The van der Waals surface area contributed by atoms with Crippen LogP contribution in [0.4, 0.5) is 0 Å². The van der Waals surface area contributed by atoms with Crippen LogP contribution in [0.3, 0.4) is 0 Å². The predicted molar refractivity (Wildman–Crippen MR) is 72.7 cm³/mol. The Bertz CT molecular complexity index is 523. The summed E-state index contributed by atoms with van der Waals surface area (Å²) in [6, 6.07) is 2.00. The molecule has 0 aliphatic carbocycles. The maximum absolute atomic E-state index is 4.41. The average molecular weight is 244 g/mol. The van der Waals surface area contributed by atoms with Gasteiger partial charge >= 0.3 is 0 Å². The molecule has 0 spiro atoms. The summed E-state index contributed by atoms with van der Waals surface area (Å²) in [7, 11) is 0. The number of aryl methyl sites for hydroxylation is 1. The summed E-state index contributed by atoms with van der Waals surface area (Å²) in [4.78, 5) is 8.56. The minimum atomic E-state index is 0.105. The standard InChI is InChI=1S/C14H20N4/c1-11-5-6-15-8-13(11)18-9-12(16-10-18)7-17-14(2,3)4/h5-6,8-10,17H,7H2,1-4H3. The van der Waals surface area contributed by atoms with E-state index in [-0.39, 0.29) is 5.54 Å². The van der Waals surface area contributed by atoms with Crippen molar-refractivity contribution in [3.8, 4) is 5.69 Å². The van der Waals surface area contributed by atoms with Gasteiger partial charge in [-0.05, 0) is 39.3 Å². The van der Waals surface area contributed by atoms with Crippen molar-refractivity contribution in [2.24, 2.45) is 0 Å². The van der Waals surface area contributed by atoms with E-state index in [9.17, 15) is 0 Å². The molecule has 0 aliphatic heterocycles. The molecule has 2 aromatic heterocycles. The molecular weight excluding hydrogens is 224 g/mol. The summed E-state index contributed by atoms with van der Waals surface area (Å²) in [6.07, 6.45) is 7.54. The fraction of sp³-hybridized carbons (Fsp3) is 0.429. The van der Waals surface area contributed by atoms with Crippen molar-refractivity contribution < 1.29 is 0 Å². The van der Waals surface area contributed by atoms with Gasteiger partial charge in [0, 0.05) is 24.5 Å². The quantitative estimate of drug-likeness (QED) is 0.902. The Hall–Kier alpha value is -1.68. The van der Waals surface area contributed by atoms with Gasteiger partial charge in [0.25, 0.3) is 0 Å². The van der Waals surface area contributed by atoms with Gasteiger partial charge in [-0.2, -0.15) is 0 Å². The van der Waals surface area contributed by atoms with Crippen LogP contribution in [0.25, 0.3) is 5.69 Å². The zero-order valence-electron chi connectivity index (χ0n) is 11.4. The van der Waals surface area contributed by atoms with Crippen molar-refractivity contribution in [2.45, 2.75) is 39.8 Å². The number of nitrogens with zero attached hydrogens (tertiary/aromatic N) is 3. The number of rotatable bonds is 3. The Labute approximate surface area is 108 Å². The third-order valence-electron chi connectivity index (χ3n) is 2.73. The van der Waals surface area contributed by atoms with Crippen LogP contribution in [0.5, 0.6) is 0 Å². The molecule has 2 aromatic rings. The lowest BCUT2D eigenvalue weighted by molar-refractivity contribution is 0.421. The highest BCUT2D eigenvalue weighted by Crippen LogP contribution is 2.12. The molecule has 4 heteroatoms. The van der Waals surface area contributed by atoms with Crippen molar-refractivity contribution in [2.75, 3.05) is 0 Å². The minimum Gasteiger partial charge on any atom is -0.306 e. The fourth-order valence-electron chi connectivity index (χ4n) is 1.67. The first kappa shape index (κ1) is 12.8. The SMILES string of the molecule is Cc1ccncc1-n1cnc(CNC(C)(C)C)c1. The molecule has 18 heavy (non-hydrogen) atoms. The second-order valence-corrected chi connectivity index (χ2v) is 5.54. The lowest BCUT2D eigenvalue weighted by Crippen LogP contribution is -2.35. The summed E-state index contributed by atoms with van der Waals surface area (Å²) in [5.74, 6) is 0. The molecule has 2 rings (SSSR count). The van der Waals surface area contributed by atoms with E-state index in [1.807, 2.05) is 29.4 Å². The summed E-state index contributed by atoms with van der Waals surface area (Å²) >= 11 is 0. The number of nitrogens with one attached hydrogen (secondary N) is 1. The van der Waals surface area contributed by atoms with Gasteiger partial charge in [0.15, 0.2) is 0 Å². The molecule has 0 amide bonds. The van der Waals surface area contributed by atoms with Crippen molar-refractivity contribution in [3.05, 3.63) is 42.2 Å². The number of aromatic nitrogens is 3. The summed E-state index contributed by atoms with van der Waals surface area (Å²) < 4.78 is 2.02. The van der Waals surface area contributed by atoms with Crippen LogP contribution < -0.4 is 5.32 Å². The van der Waals surface area contributed by atoms with E-state index in [1.54, 1.807) is 6.20 Å². The third-order valence-corrected chi connectivity index (χ3v) is 2.73. The molecule has 0 bridgehead atoms. The fourth-order valence-corrected chi connectivity index (χ4v) is 1.67. The van der Waals surface area contributed by atoms with Gasteiger partial charge < -0.3 is 9.88 Å². The van der Waals surface area contributed by atoms with Crippen molar-refractivity contribution in [1.29, 1.82) is 0 Å². The minimum absolute atomic E-state index is 0.105. The van der Waals surface area contributed by atoms with E-state index < -0.39 is 0 Å². The first-order valence-electron chi connectivity index (χ1n) is 6.14. The molecule has 0 unspecified atom stereocenters. The van der Waals surface area contributed by atoms with Crippen molar-refractivity contribution in [1.82, 2.24) is 19.9 Å². The van der Waals surface area contributed by atoms with E-state index in [4.69, 9.17) is 0 Å². The molecule has 1 N–H and O–H groups in total. The smallest absolute Gasteiger partial charge is 0.0996 e. The average Bonchev–Trinajstić information content (AvgIpc) is 2.75. The normalized spacial score (nSPS) is 11.8. The molecule has 0 aliphatic rings. The van der Waals surface area contributed by atoms with Gasteiger partial charge in [-0.1, -0.05) is 0 Å². The summed E-state index contributed by atoms with van der Waals surface area (Å²) in [5, 5.41) is 3.43. The second kappa shape index (κ2) is 4.90. The van der Waals surface area contributed by atoms with E-state index in [1.165, 1.54) is 5.56 Å². The number of hydrogen-bond donors (Lipinski definition) is 1. The zero-order chi connectivity index (χ0) is 13.2. The molecule has 0 radical (unpaired) electrons. The molecule has 0 atom stereocenters. The Balaban J connectivity index is 2.14. The first-order valence-corrected chi connectivity index (χ1v) is 6.14. The lowest BCUT2D eigenvalue weighted by atomic mass is 10.1. The zero-order valence-corrected chi connectivity index (χ0v) is 11.4.